The molecule has 2 amide bonds. The van der Waals surface area contributed by atoms with Crippen LogP contribution in [0.2, 0.25) is 0 Å². The van der Waals surface area contributed by atoms with Gasteiger partial charge in [0, 0.05) is 19.5 Å². The molecule has 6 heteroatoms. The molecule has 136 valence electrons. The van der Waals surface area contributed by atoms with Crippen LogP contribution >= 0.6 is 0 Å². The molecule has 1 aliphatic rings. The summed E-state index contributed by atoms with van der Waals surface area (Å²) in [7, 11) is 0. The molecule has 0 unspecified atom stereocenters. The summed E-state index contributed by atoms with van der Waals surface area (Å²) in [4.78, 5) is 26.6. The number of carbonyl (C=O) groups is 2. The molecule has 0 bridgehead atoms. The van der Waals surface area contributed by atoms with Crippen molar-refractivity contribution in [2.24, 2.45) is 0 Å². The lowest BCUT2D eigenvalue weighted by atomic mass is 9.90. The third-order valence-corrected chi connectivity index (χ3v) is 4.73. The molecule has 1 aromatic heterocycles. The minimum Gasteiger partial charge on any atom is -0.352 e. The van der Waals surface area contributed by atoms with Crippen LogP contribution in [0, 0.1) is 6.92 Å². The first-order chi connectivity index (χ1) is 12.5. The first kappa shape index (κ1) is 18.0. The van der Waals surface area contributed by atoms with E-state index in [1.54, 1.807) is 12.1 Å². The van der Waals surface area contributed by atoms with Crippen molar-refractivity contribution in [3.05, 3.63) is 59.4 Å². The molecule has 26 heavy (non-hydrogen) atoms. The highest BCUT2D eigenvalue weighted by Gasteiger charge is 2.35. The van der Waals surface area contributed by atoms with Gasteiger partial charge in [-0.1, -0.05) is 30.3 Å². The lowest BCUT2D eigenvalue weighted by Gasteiger charge is -2.41. The number of carbonyl (C=O) groups excluding carboxylic acids is 2. The van der Waals surface area contributed by atoms with Crippen molar-refractivity contribution in [2.45, 2.75) is 45.2 Å². The van der Waals surface area contributed by atoms with Gasteiger partial charge in [0.2, 0.25) is 5.91 Å². The molecule has 3 rings (SSSR count). The van der Waals surface area contributed by atoms with Gasteiger partial charge in [-0.2, -0.15) is 5.10 Å². The summed E-state index contributed by atoms with van der Waals surface area (Å²) in [5.41, 5.74) is 2.26. The SMILES string of the molecule is CC(=O)N[C@H]1CCCN(C(=O)c2ccc(C)nn2)[C@H]1Cc1ccccc1. The monoisotopic (exact) mass is 352 g/mol. The van der Waals surface area contributed by atoms with Crippen molar-refractivity contribution in [3.63, 3.8) is 0 Å². The molecule has 1 saturated heterocycles. The van der Waals surface area contributed by atoms with Crippen molar-refractivity contribution >= 4 is 11.8 Å². The number of piperidine rings is 1. The molecule has 0 aliphatic carbocycles. The highest BCUT2D eigenvalue weighted by atomic mass is 16.2. The number of hydrogen-bond acceptors (Lipinski definition) is 4. The molecule has 6 nitrogen and oxygen atoms in total. The highest BCUT2D eigenvalue weighted by Crippen LogP contribution is 2.23. The van der Waals surface area contributed by atoms with Crippen molar-refractivity contribution in [3.8, 4) is 0 Å². The molecule has 1 aromatic carbocycles. The largest absolute Gasteiger partial charge is 0.352 e. The van der Waals surface area contributed by atoms with Crippen LogP contribution in [-0.2, 0) is 11.2 Å². The molecule has 0 radical (unpaired) electrons. The van der Waals surface area contributed by atoms with Crippen LogP contribution in [0.25, 0.3) is 0 Å². The average Bonchev–Trinajstić information content (AvgIpc) is 2.63. The van der Waals surface area contributed by atoms with E-state index in [1.165, 1.54) is 6.92 Å². The number of aromatic nitrogens is 2. The van der Waals surface area contributed by atoms with Gasteiger partial charge >= 0.3 is 0 Å². The molecule has 2 aromatic rings. The molecular formula is C20H24N4O2. The van der Waals surface area contributed by atoms with Crippen molar-refractivity contribution in [2.75, 3.05) is 6.54 Å². The van der Waals surface area contributed by atoms with Gasteiger partial charge in [0.15, 0.2) is 5.69 Å². The second-order valence-electron chi connectivity index (χ2n) is 6.76. The van der Waals surface area contributed by atoms with Gasteiger partial charge in [-0.3, -0.25) is 9.59 Å². The van der Waals surface area contributed by atoms with Crippen LogP contribution in [-0.4, -0.2) is 45.5 Å². The number of nitrogens with zero attached hydrogens (tertiary/aromatic N) is 3. The van der Waals surface area contributed by atoms with E-state index in [9.17, 15) is 9.59 Å². The summed E-state index contributed by atoms with van der Waals surface area (Å²) in [5, 5.41) is 11.1. The fourth-order valence-corrected chi connectivity index (χ4v) is 3.51. The third kappa shape index (κ3) is 4.25. The van der Waals surface area contributed by atoms with Gasteiger partial charge in [0.25, 0.3) is 5.91 Å². The van der Waals surface area contributed by atoms with Crippen LogP contribution < -0.4 is 5.32 Å². The van der Waals surface area contributed by atoms with Crippen molar-refractivity contribution in [1.29, 1.82) is 0 Å². The zero-order valence-corrected chi connectivity index (χ0v) is 15.2. The Hall–Kier alpha value is -2.76. The van der Waals surface area contributed by atoms with Gasteiger partial charge < -0.3 is 10.2 Å². The molecule has 2 atom stereocenters. The number of benzene rings is 1. The maximum absolute atomic E-state index is 13.1. The molecular weight excluding hydrogens is 328 g/mol. The summed E-state index contributed by atoms with van der Waals surface area (Å²) < 4.78 is 0. The standard InChI is InChI=1S/C20H24N4O2/c1-14-10-11-18(23-22-14)20(26)24-12-6-9-17(21-15(2)25)19(24)13-16-7-4-3-5-8-16/h3-5,7-8,10-11,17,19H,6,9,12-13H2,1-2H3,(H,21,25)/t17-,19-/m0/s1. The number of amides is 2. The van der Waals surface area contributed by atoms with Gasteiger partial charge in [-0.25, -0.2) is 0 Å². The van der Waals surface area contributed by atoms with E-state index < -0.39 is 0 Å². The Balaban J connectivity index is 1.87. The highest BCUT2D eigenvalue weighted by molar-refractivity contribution is 5.92. The van der Waals surface area contributed by atoms with Gasteiger partial charge in [0.1, 0.15) is 0 Å². The number of rotatable bonds is 4. The van der Waals surface area contributed by atoms with Crippen LogP contribution in [0.3, 0.4) is 0 Å². The molecule has 0 saturated carbocycles. The summed E-state index contributed by atoms with van der Waals surface area (Å²) in [6.45, 7) is 4.01. The van der Waals surface area contributed by atoms with E-state index in [1.807, 2.05) is 42.2 Å². The second-order valence-corrected chi connectivity index (χ2v) is 6.76. The number of nitrogens with one attached hydrogen (secondary N) is 1. The van der Waals surface area contributed by atoms with Crippen molar-refractivity contribution < 1.29 is 9.59 Å². The van der Waals surface area contributed by atoms with Crippen LogP contribution in [0.1, 0.15) is 41.5 Å². The van der Waals surface area contributed by atoms with Crippen LogP contribution in [0.4, 0.5) is 0 Å². The predicted octanol–water partition coefficient (Wildman–Crippen LogP) is 2.14. The predicted molar refractivity (Wildman–Crippen MR) is 98.6 cm³/mol. The number of hydrogen-bond donors (Lipinski definition) is 1. The minimum absolute atomic E-state index is 0.0659. The Kier molecular flexibility index (Phi) is 5.61. The lowest BCUT2D eigenvalue weighted by Crippen LogP contribution is -2.57. The van der Waals surface area contributed by atoms with Gasteiger partial charge in [-0.15, -0.1) is 5.10 Å². The Labute approximate surface area is 153 Å². The molecule has 2 heterocycles. The zero-order chi connectivity index (χ0) is 18.5. The smallest absolute Gasteiger partial charge is 0.274 e. The quantitative estimate of drug-likeness (QED) is 0.915. The topological polar surface area (TPSA) is 75.2 Å². The molecule has 1 aliphatic heterocycles. The van der Waals surface area contributed by atoms with Crippen LogP contribution in [0.5, 0.6) is 0 Å². The Morgan fingerprint density at radius 1 is 1.15 bits per heavy atom. The maximum Gasteiger partial charge on any atom is 0.274 e. The first-order valence-electron chi connectivity index (χ1n) is 8.97. The lowest BCUT2D eigenvalue weighted by molar-refractivity contribution is -0.120. The third-order valence-electron chi connectivity index (χ3n) is 4.73. The minimum atomic E-state index is -0.131. The summed E-state index contributed by atoms with van der Waals surface area (Å²) in [5.74, 6) is -0.203. The maximum atomic E-state index is 13.1. The molecule has 1 N–H and O–H groups in total. The fraction of sp³-hybridized carbons (Fsp3) is 0.400. The average molecular weight is 352 g/mol. The van der Waals surface area contributed by atoms with Gasteiger partial charge in [0.05, 0.1) is 11.7 Å². The Bertz CT molecular complexity index is 761. The Morgan fingerprint density at radius 3 is 2.58 bits per heavy atom. The second kappa shape index (κ2) is 8.08. The van der Waals surface area contributed by atoms with Crippen molar-refractivity contribution in [1.82, 2.24) is 20.4 Å². The summed E-state index contributed by atoms with van der Waals surface area (Å²) >= 11 is 0. The molecule has 1 fully saturated rings. The van der Waals surface area contributed by atoms with E-state index in [-0.39, 0.29) is 23.9 Å². The number of likely N-dealkylation sites (tertiary alicyclic amines) is 1. The van der Waals surface area contributed by atoms with E-state index in [4.69, 9.17) is 0 Å². The van der Waals surface area contributed by atoms with E-state index >= 15 is 0 Å². The summed E-state index contributed by atoms with van der Waals surface area (Å²) in [6.07, 6.45) is 2.40. The summed E-state index contributed by atoms with van der Waals surface area (Å²) in [6, 6.07) is 13.4. The Morgan fingerprint density at radius 2 is 1.92 bits per heavy atom. The van der Waals surface area contributed by atoms with E-state index in [0.29, 0.717) is 18.7 Å². The normalized spacial score (nSPS) is 19.8. The zero-order valence-electron chi connectivity index (χ0n) is 15.2. The van der Waals surface area contributed by atoms with Gasteiger partial charge in [-0.05, 0) is 43.9 Å². The van der Waals surface area contributed by atoms with E-state index in [0.717, 1.165) is 24.1 Å². The number of aryl methyl sites for hydroxylation is 1. The van der Waals surface area contributed by atoms with E-state index in [2.05, 4.69) is 15.5 Å². The van der Waals surface area contributed by atoms with Crippen LogP contribution in [0.15, 0.2) is 42.5 Å². The fourth-order valence-electron chi connectivity index (χ4n) is 3.51. The first-order valence-corrected chi connectivity index (χ1v) is 8.97. The molecule has 0 spiro atoms.